The van der Waals surface area contributed by atoms with Crippen molar-refractivity contribution in [3.8, 4) is 0 Å². The maximum atomic E-state index is 12.5. The number of rotatable bonds is 3. The van der Waals surface area contributed by atoms with Crippen LogP contribution in [-0.2, 0) is 9.53 Å². The topological polar surface area (TPSA) is 58.6 Å². The van der Waals surface area contributed by atoms with Crippen molar-refractivity contribution < 1.29 is 14.3 Å². The molecule has 2 fully saturated rings. The summed E-state index contributed by atoms with van der Waals surface area (Å²) in [6.07, 6.45) is 2.95. The molecule has 1 heterocycles. The fourth-order valence-corrected chi connectivity index (χ4v) is 3.07. The van der Waals surface area contributed by atoms with Crippen LogP contribution < -0.4 is 5.32 Å². The van der Waals surface area contributed by atoms with E-state index in [2.05, 4.69) is 10.1 Å². The molecule has 3 unspecified atom stereocenters. The fraction of sp³-hybridized carbons (Fsp3) is 0.846. The Labute approximate surface area is 108 Å². The molecule has 1 aliphatic carbocycles. The first-order valence-corrected chi connectivity index (χ1v) is 6.68. The van der Waals surface area contributed by atoms with E-state index in [4.69, 9.17) is 0 Å². The number of fused-ring (bicyclic) bond motifs is 2. The number of amides is 2. The zero-order chi connectivity index (χ0) is 13.3. The van der Waals surface area contributed by atoms with Gasteiger partial charge in [0, 0.05) is 12.6 Å². The van der Waals surface area contributed by atoms with Gasteiger partial charge in [0.25, 0.3) is 0 Å². The minimum atomic E-state index is -0.536. The highest BCUT2D eigenvalue weighted by Gasteiger charge is 2.42. The maximum Gasteiger partial charge on any atom is 0.407 e. The summed E-state index contributed by atoms with van der Waals surface area (Å²) in [5.74, 6) is 0.781. The minimum absolute atomic E-state index is 0.0441. The van der Waals surface area contributed by atoms with E-state index in [0.29, 0.717) is 12.0 Å². The van der Waals surface area contributed by atoms with Crippen molar-refractivity contribution in [2.45, 2.75) is 45.2 Å². The zero-order valence-corrected chi connectivity index (χ0v) is 11.3. The van der Waals surface area contributed by atoms with Gasteiger partial charge in [0.1, 0.15) is 6.04 Å². The van der Waals surface area contributed by atoms with Crippen molar-refractivity contribution in [3.05, 3.63) is 0 Å². The molecule has 0 radical (unpaired) electrons. The predicted octanol–water partition coefficient (Wildman–Crippen LogP) is 1.38. The van der Waals surface area contributed by atoms with Gasteiger partial charge in [0.2, 0.25) is 5.91 Å². The van der Waals surface area contributed by atoms with Crippen LogP contribution in [0.5, 0.6) is 0 Å². The highest BCUT2D eigenvalue weighted by molar-refractivity contribution is 5.86. The molecule has 0 aromatic rings. The van der Waals surface area contributed by atoms with E-state index in [1.54, 1.807) is 0 Å². The lowest BCUT2D eigenvalue weighted by atomic mass is 10.0. The highest BCUT2D eigenvalue weighted by Crippen LogP contribution is 2.37. The van der Waals surface area contributed by atoms with Gasteiger partial charge in [-0.05, 0) is 31.1 Å². The Morgan fingerprint density at radius 2 is 2.06 bits per heavy atom. The lowest BCUT2D eigenvalue weighted by molar-refractivity contribution is -0.136. The molecule has 0 spiro atoms. The van der Waals surface area contributed by atoms with Gasteiger partial charge in [0.05, 0.1) is 7.11 Å². The molecule has 0 aromatic heterocycles. The van der Waals surface area contributed by atoms with E-state index < -0.39 is 12.1 Å². The van der Waals surface area contributed by atoms with E-state index in [1.165, 1.54) is 13.5 Å². The molecule has 2 rings (SSSR count). The first-order valence-electron chi connectivity index (χ1n) is 6.68. The summed E-state index contributed by atoms with van der Waals surface area (Å²) in [5, 5.41) is 2.65. The van der Waals surface area contributed by atoms with Crippen LogP contribution in [0.3, 0.4) is 0 Å². The van der Waals surface area contributed by atoms with Crippen molar-refractivity contribution in [3.63, 3.8) is 0 Å². The van der Waals surface area contributed by atoms with E-state index in [0.717, 1.165) is 19.4 Å². The quantitative estimate of drug-likeness (QED) is 0.827. The standard InChI is InChI=1S/C13H22N2O3/c1-8(2)11(14-13(17)18-3)12(16)15-7-9-4-5-10(15)6-9/h8-11H,4-7H2,1-3H3,(H,14,17). The van der Waals surface area contributed by atoms with Crippen LogP contribution in [-0.4, -0.2) is 42.6 Å². The molecule has 1 saturated carbocycles. The zero-order valence-electron chi connectivity index (χ0n) is 11.3. The molecule has 1 N–H and O–H groups in total. The van der Waals surface area contributed by atoms with Crippen LogP contribution in [0.2, 0.25) is 0 Å². The molecular weight excluding hydrogens is 232 g/mol. The van der Waals surface area contributed by atoms with Gasteiger partial charge in [-0.3, -0.25) is 4.79 Å². The molecular formula is C13H22N2O3. The van der Waals surface area contributed by atoms with Crippen LogP contribution in [0.15, 0.2) is 0 Å². The number of nitrogens with one attached hydrogen (secondary N) is 1. The van der Waals surface area contributed by atoms with Gasteiger partial charge >= 0.3 is 6.09 Å². The highest BCUT2D eigenvalue weighted by atomic mass is 16.5. The Morgan fingerprint density at radius 1 is 1.33 bits per heavy atom. The maximum absolute atomic E-state index is 12.5. The van der Waals surface area contributed by atoms with Crippen molar-refractivity contribution in [1.29, 1.82) is 0 Å². The Kier molecular flexibility index (Phi) is 3.78. The summed E-state index contributed by atoms with van der Waals surface area (Å²) < 4.78 is 4.58. The molecule has 2 aliphatic rings. The largest absolute Gasteiger partial charge is 0.453 e. The lowest BCUT2D eigenvalue weighted by Gasteiger charge is -2.32. The second kappa shape index (κ2) is 5.16. The molecule has 2 bridgehead atoms. The van der Waals surface area contributed by atoms with Crippen molar-refractivity contribution in [2.24, 2.45) is 11.8 Å². The van der Waals surface area contributed by atoms with Crippen LogP contribution in [0.1, 0.15) is 33.1 Å². The monoisotopic (exact) mass is 254 g/mol. The van der Waals surface area contributed by atoms with Crippen LogP contribution in [0.4, 0.5) is 4.79 Å². The first kappa shape index (κ1) is 13.2. The average Bonchev–Trinajstić information content (AvgIpc) is 2.96. The molecule has 102 valence electrons. The molecule has 2 amide bonds. The average molecular weight is 254 g/mol. The van der Waals surface area contributed by atoms with E-state index in [-0.39, 0.29) is 11.8 Å². The van der Waals surface area contributed by atoms with E-state index in [9.17, 15) is 9.59 Å². The van der Waals surface area contributed by atoms with Crippen LogP contribution in [0, 0.1) is 11.8 Å². The fourth-order valence-electron chi connectivity index (χ4n) is 3.07. The molecule has 3 atom stereocenters. The second-order valence-corrected chi connectivity index (χ2v) is 5.68. The molecule has 1 saturated heterocycles. The number of hydrogen-bond donors (Lipinski definition) is 1. The number of hydrogen-bond acceptors (Lipinski definition) is 3. The van der Waals surface area contributed by atoms with E-state index >= 15 is 0 Å². The summed E-state index contributed by atoms with van der Waals surface area (Å²) in [6, 6.07) is -0.0833. The van der Waals surface area contributed by atoms with E-state index in [1.807, 2.05) is 18.7 Å². The summed E-state index contributed by atoms with van der Waals surface area (Å²) in [7, 11) is 1.31. The molecule has 5 nitrogen and oxygen atoms in total. The van der Waals surface area contributed by atoms with Crippen molar-refractivity contribution in [2.75, 3.05) is 13.7 Å². The molecule has 0 aromatic carbocycles. The van der Waals surface area contributed by atoms with Gasteiger partial charge in [-0.15, -0.1) is 0 Å². The number of ether oxygens (including phenoxy) is 1. The molecule has 1 aliphatic heterocycles. The van der Waals surface area contributed by atoms with Gasteiger partial charge < -0.3 is 15.0 Å². The Morgan fingerprint density at radius 3 is 2.50 bits per heavy atom. The first-order chi connectivity index (χ1) is 8.52. The number of likely N-dealkylation sites (tertiary alicyclic amines) is 1. The number of carbonyl (C=O) groups is 2. The summed E-state index contributed by atoms with van der Waals surface area (Å²) in [4.78, 5) is 25.7. The van der Waals surface area contributed by atoms with Gasteiger partial charge in [-0.25, -0.2) is 4.79 Å². The number of nitrogens with zero attached hydrogens (tertiary/aromatic N) is 1. The SMILES string of the molecule is COC(=O)NC(C(=O)N1CC2CCC1C2)C(C)C. The second-order valence-electron chi connectivity index (χ2n) is 5.68. The van der Waals surface area contributed by atoms with Gasteiger partial charge in [-0.1, -0.05) is 13.8 Å². The van der Waals surface area contributed by atoms with Gasteiger partial charge in [0.15, 0.2) is 0 Å². The number of piperidine rings is 1. The smallest absolute Gasteiger partial charge is 0.407 e. The summed E-state index contributed by atoms with van der Waals surface area (Å²) in [6.45, 7) is 4.73. The number of carbonyl (C=O) groups excluding carboxylic acids is 2. The van der Waals surface area contributed by atoms with Crippen LogP contribution >= 0.6 is 0 Å². The number of methoxy groups -OCH3 is 1. The van der Waals surface area contributed by atoms with Crippen LogP contribution in [0.25, 0.3) is 0 Å². The normalized spacial score (nSPS) is 27.4. The Balaban J connectivity index is 2.02. The number of alkyl carbamates (subject to hydrolysis) is 1. The van der Waals surface area contributed by atoms with Crippen molar-refractivity contribution >= 4 is 12.0 Å². The third-order valence-corrected chi connectivity index (χ3v) is 4.08. The summed E-state index contributed by atoms with van der Waals surface area (Å²) >= 11 is 0. The molecule has 5 heteroatoms. The predicted molar refractivity (Wildman–Crippen MR) is 67.0 cm³/mol. The lowest BCUT2D eigenvalue weighted by Crippen LogP contribution is -2.53. The van der Waals surface area contributed by atoms with Gasteiger partial charge in [-0.2, -0.15) is 0 Å². The van der Waals surface area contributed by atoms with Crippen molar-refractivity contribution in [1.82, 2.24) is 10.2 Å². The third kappa shape index (κ3) is 2.44. The Hall–Kier alpha value is -1.26. The minimum Gasteiger partial charge on any atom is -0.453 e. The summed E-state index contributed by atoms with van der Waals surface area (Å²) in [5.41, 5.74) is 0. The Bertz CT molecular complexity index is 343. The third-order valence-electron chi connectivity index (χ3n) is 4.08. The molecule has 18 heavy (non-hydrogen) atoms.